The summed E-state index contributed by atoms with van der Waals surface area (Å²) < 4.78 is 1.52. The van der Waals surface area contributed by atoms with Crippen molar-refractivity contribution in [2.24, 2.45) is 5.92 Å². The molecule has 0 bridgehead atoms. The smallest absolute Gasteiger partial charge is 0.291 e. The molecular formula is C11H15N5O2. The third-order valence-electron chi connectivity index (χ3n) is 2.56. The molecule has 0 radical (unpaired) electrons. The zero-order valence-corrected chi connectivity index (χ0v) is 10.3. The summed E-state index contributed by atoms with van der Waals surface area (Å²) in [6, 6.07) is 1.79. The number of rotatable bonds is 4. The first-order valence-corrected chi connectivity index (χ1v) is 5.69. The number of fused-ring (bicyclic) bond motifs is 1. The molecule has 1 atom stereocenters. The van der Waals surface area contributed by atoms with Crippen molar-refractivity contribution in [3.63, 3.8) is 0 Å². The number of nitrogens with zero attached hydrogens (tertiary/aromatic N) is 4. The summed E-state index contributed by atoms with van der Waals surface area (Å²) in [5.41, 5.74) is 0.857. The van der Waals surface area contributed by atoms with Gasteiger partial charge in [0, 0.05) is 25.0 Å². The van der Waals surface area contributed by atoms with Gasteiger partial charge in [-0.15, -0.1) is 5.10 Å². The number of aryl methyl sites for hydroxylation is 1. The second-order valence-corrected chi connectivity index (χ2v) is 4.23. The van der Waals surface area contributed by atoms with Crippen LogP contribution in [0.3, 0.4) is 0 Å². The molecule has 2 aromatic heterocycles. The van der Waals surface area contributed by atoms with Crippen molar-refractivity contribution in [1.29, 1.82) is 0 Å². The Morgan fingerprint density at radius 2 is 2.39 bits per heavy atom. The number of aliphatic hydroxyl groups excluding tert-OH is 1. The third kappa shape index (κ3) is 2.45. The van der Waals surface area contributed by atoms with E-state index in [9.17, 15) is 4.79 Å². The van der Waals surface area contributed by atoms with E-state index in [2.05, 4.69) is 20.4 Å². The molecule has 0 fully saturated rings. The topological polar surface area (TPSA) is 92.4 Å². The Morgan fingerprint density at radius 1 is 1.61 bits per heavy atom. The van der Waals surface area contributed by atoms with Crippen LogP contribution in [-0.2, 0) is 0 Å². The van der Waals surface area contributed by atoms with Gasteiger partial charge in [-0.05, 0) is 18.9 Å². The van der Waals surface area contributed by atoms with Crippen molar-refractivity contribution < 1.29 is 9.90 Å². The summed E-state index contributed by atoms with van der Waals surface area (Å²) in [7, 11) is 0. The average Bonchev–Trinajstić information content (AvgIpc) is 2.81. The molecule has 18 heavy (non-hydrogen) atoms. The van der Waals surface area contributed by atoms with E-state index in [-0.39, 0.29) is 24.3 Å². The average molecular weight is 249 g/mol. The monoisotopic (exact) mass is 249 g/mol. The number of carbonyl (C=O) groups excluding carboxylic acids is 1. The molecular weight excluding hydrogens is 234 g/mol. The number of hydrogen-bond acceptors (Lipinski definition) is 5. The van der Waals surface area contributed by atoms with Crippen LogP contribution in [0.1, 0.15) is 23.2 Å². The van der Waals surface area contributed by atoms with Crippen LogP contribution in [0.15, 0.2) is 12.3 Å². The molecule has 0 spiro atoms. The lowest BCUT2D eigenvalue weighted by Crippen LogP contribution is -2.30. The lowest BCUT2D eigenvalue weighted by molar-refractivity contribution is 0.0932. The molecule has 0 aliphatic carbocycles. The highest BCUT2D eigenvalue weighted by atomic mass is 16.3. The summed E-state index contributed by atoms with van der Waals surface area (Å²) >= 11 is 0. The van der Waals surface area contributed by atoms with Crippen molar-refractivity contribution >= 4 is 11.7 Å². The second kappa shape index (κ2) is 5.09. The molecule has 2 heterocycles. The fourth-order valence-electron chi connectivity index (χ4n) is 1.41. The molecule has 2 N–H and O–H groups in total. The van der Waals surface area contributed by atoms with Crippen molar-refractivity contribution in [3.8, 4) is 0 Å². The zero-order valence-electron chi connectivity index (χ0n) is 10.3. The van der Waals surface area contributed by atoms with Crippen LogP contribution in [0.5, 0.6) is 0 Å². The molecule has 0 saturated carbocycles. The zero-order chi connectivity index (χ0) is 13.1. The minimum atomic E-state index is -0.361. The van der Waals surface area contributed by atoms with Gasteiger partial charge in [0.2, 0.25) is 5.82 Å². The number of aliphatic hydroxyl groups is 1. The van der Waals surface area contributed by atoms with E-state index in [1.807, 2.05) is 13.8 Å². The van der Waals surface area contributed by atoms with Gasteiger partial charge in [-0.2, -0.15) is 4.98 Å². The number of amides is 1. The molecule has 0 aliphatic heterocycles. The van der Waals surface area contributed by atoms with Crippen molar-refractivity contribution in [3.05, 3.63) is 23.8 Å². The predicted molar refractivity (Wildman–Crippen MR) is 64.1 cm³/mol. The predicted octanol–water partition coefficient (Wildman–Crippen LogP) is -0.209. The Morgan fingerprint density at radius 3 is 3.06 bits per heavy atom. The van der Waals surface area contributed by atoms with Crippen molar-refractivity contribution in [2.45, 2.75) is 13.8 Å². The molecule has 0 saturated heterocycles. The first-order chi connectivity index (χ1) is 8.61. The Balaban J connectivity index is 2.16. The van der Waals surface area contributed by atoms with Crippen LogP contribution in [-0.4, -0.2) is 43.7 Å². The van der Waals surface area contributed by atoms with E-state index in [0.29, 0.717) is 12.3 Å². The maximum Gasteiger partial charge on any atom is 0.291 e. The molecule has 7 heteroatoms. The molecule has 0 aromatic carbocycles. The van der Waals surface area contributed by atoms with Gasteiger partial charge < -0.3 is 10.4 Å². The van der Waals surface area contributed by atoms with Gasteiger partial charge in [0.15, 0.2) is 0 Å². The van der Waals surface area contributed by atoms with E-state index in [1.165, 1.54) is 4.52 Å². The quantitative estimate of drug-likeness (QED) is 0.782. The highest BCUT2D eigenvalue weighted by molar-refractivity contribution is 5.90. The Hall–Kier alpha value is -2.02. The van der Waals surface area contributed by atoms with E-state index >= 15 is 0 Å². The minimum absolute atomic E-state index is 0.00541. The van der Waals surface area contributed by atoms with Gasteiger partial charge in [0.1, 0.15) is 0 Å². The summed E-state index contributed by atoms with van der Waals surface area (Å²) in [4.78, 5) is 19.9. The number of carbonyl (C=O) groups is 1. The summed E-state index contributed by atoms with van der Waals surface area (Å²) in [5, 5.41) is 15.6. The van der Waals surface area contributed by atoms with E-state index in [0.717, 1.165) is 5.69 Å². The standard InChI is InChI=1S/C11H15N5O2/c1-7(6-17)5-13-10(18)9-14-11-12-4-3-8(2)16(11)15-9/h3-4,7,17H,5-6H2,1-2H3,(H,13,18). The minimum Gasteiger partial charge on any atom is -0.396 e. The normalized spacial score (nSPS) is 12.6. The van der Waals surface area contributed by atoms with Gasteiger partial charge in [-0.3, -0.25) is 4.79 Å². The largest absolute Gasteiger partial charge is 0.396 e. The molecule has 0 aliphatic rings. The van der Waals surface area contributed by atoms with Gasteiger partial charge in [0.05, 0.1) is 0 Å². The molecule has 2 aromatic rings. The molecule has 7 nitrogen and oxygen atoms in total. The van der Waals surface area contributed by atoms with Crippen LogP contribution in [0.25, 0.3) is 5.78 Å². The molecule has 96 valence electrons. The summed E-state index contributed by atoms with van der Waals surface area (Å²) in [6.07, 6.45) is 1.62. The van der Waals surface area contributed by atoms with Gasteiger partial charge in [-0.25, -0.2) is 9.50 Å². The van der Waals surface area contributed by atoms with Gasteiger partial charge in [0.25, 0.3) is 11.7 Å². The fourth-order valence-corrected chi connectivity index (χ4v) is 1.41. The molecule has 1 amide bonds. The lowest BCUT2D eigenvalue weighted by Gasteiger charge is -2.07. The summed E-state index contributed by atoms with van der Waals surface area (Å²) in [6.45, 7) is 4.11. The van der Waals surface area contributed by atoms with Crippen LogP contribution in [0.2, 0.25) is 0 Å². The summed E-state index contributed by atoms with van der Waals surface area (Å²) in [5.74, 6) is 0.128. The lowest BCUT2D eigenvalue weighted by atomic mass is 10.2. The van der Waals surface area contributed by atoms with E-state index in [1.54, 1.807) is 12.3 Å². The Kier molecular flexibility index (Phi) is 3.52. The van der Waals surface area contributed by atoms with Gasteiger partial charge in [-0.1, -0.05) is 6.92 Å². The highest BCUT2D eigenvalue weighted by Crippen LogP contribution is 2.02. The number of nitrogens with one attached hydrogen (secondary N) is 1. The SMILES string of the molecule is Cc1ccnc2nc(C(=O)NCC(C)CO)nn12. The van der Waals surface area contributed by atoms with E-state index in [4.69, 9.17) is 5.11 Å². The first-order valence-electron chi connectivity index (χ1n) is 5.69. The maximum absolute atomic E-state index is 11.8. The Labute approximate surface area is 104 Å². The van der Waals surface area contributed by atoms with E-state index < -0.39 is 0 Å². The van der Waals surface area contributed by atoms with Crippen LogP contribution < -0.4 is 5.32 Å². The second-order valence-electron chi connectivity index (χ2n) is 4.23. The fraction of sp³-hybridized carbons (Fsp3) is 0.455. The third-order valence-corrected chi connectivity index (χ3v) is 2.56. The maximum atomic E-state index is 11.8. The van der Waals surface area contributed by atoms with Crippen molar-refractivity contribution in [2.75, 3.05) is 13.2 Å². The van der Waals surface area contributed by atoms with Crippen LogP contribution in [0.4, 0.5) is 0 Å². The van der Waals surface area contributed by atoms with Crippen LogP contribution in [0, 0.1) is 12.8 Å². The Bertz CT molecular complexity index is 566. The van der Waals surface area contributed by atoms with Crippen molar-refractivity contribution in [1.82, 2.24) is 24.9 Å². The van der Waals surface area contributed by atoms with Crippen LogP contribution >= 0.6 is 0 Å². The number of aromatic nitrogens is 4. The first kappa shape index (κ1) is 12.4. The molecule has 1 unspecified atom stereocenters. The molecule has 2 rings (SSSR count). The number of hydrogen-bond donors (Lipinski definition) is 2. The van der Waals surface area contributed by atoms with Gasteiger partial charge >= 0.3 is 0 Å². The highest BCUT2D eigenvalue weighted by Gasteiger charge is 2.14.